The van der Waals surface area contributed by atoms with E-state index in [1.807, 2.05) is 0 Å². The smallest absolute Gasteiger partial charge is 0.204 e. The number of hydrogen-bond donors (Lipinski definition) is 1. The SMILES string of the molecule is COc1c(O)ccc2c(=O)cc(-c3cnn(C)c3)oc12. The Balaban J connectivity index is 2.35. The van der Waals surface area contributed by atoms with Gasteiger partial charge in [-0.25, -0.2) is 0 Å². The van der Waals surface area contributed by atoms with Crippen LogP contribution in [0.25, 0.3) is 22.3 Å². The van der Waals surface area contributed by atoms with Crippen LogP contribution in [0.5, 0.6) is 11.5 Å². The first-order valence-electron chi connectivity index (χ1n) is 5.93. The maximum Gasteiger partial charge on any atom is 0.204 e. The van der Waals surface area contributed by atoms with Crippen LogP contribution in [0, 0.1) is 0 Å². The van der Waals surface area contributed by atoms with E-state index in [1.165, 1.54) is 25.3 Å². The molecule has 0 aliphatic carbocycles. The molecular formula is C14H12N2O4. The molecule has 0 amide bonds. The van der Waals surface area contributed by atoms with Crippen molar-refractivity contribution in [1.82, 2.24) is 9.78 Å². The van der Waals surface area contributed by atoms with Gasteiger partial charge in [-0.3, -0.25) is 9.48 Å². The van der Waals surface area contributed by atoms with Crippen LogP contribution in [0.3, 0.4) is 0 Å². The monoisotopic (exact) mass is 272 g/mol. The number of aromatic hydroxyl groups is 1. The molecule has 0 aliphatic rings. The van der Waals surface area contributed by atoms with E-state index < -0.39 is 0 Å². The summed E-state index contributed by atoms with van der Waals surface area (Å²) >= 11 is 0. The molecule has 6 nitrogen and oxygen atoms in total. The van der Waals surface area contributed by atoms with Gasteiger partial charge in [0.05, 0.1) is 24.3 Å². The molecule has 2 aromatic heterocycles. The van der Waals surface area contributed by atoms with Gasteiger partial charge >= 0.3 is 0 Å². The van der Waals surface area contributed by atoms with Crippen LogP contribution in [0.2, 0.25) is 0 Å². The van der Waals surface area contributed by atoms with Gasteiger partial charge in [0.1, 0.15) is 5.76 Å². The Hall–Kier alpha value is -2.76. The minimum atomic E-state index is -0.205. The zero-order valence-electron chi connectivity index (χ0n) is 11.0. The van der Waals surface area contributed by atoms with Gasteiger partial charge in [0.25, 0.3) is 0 Å². The first-order chi connectivity index (χ1) is 9.60. The summed E-state index contributed by atoms with van der Waals surface area (Å²) in [5.41, 5.74) is 0.694. The number of benzene rings is 1. The number of phenols is 1. The quantitative estimate of drug-likeness (QED) is 0.771. The summed E-state index contributed by atoms with van der Waals surface area (Å²) in [7, 11) is 3.18. The Morgan fingerprint density at radius 2 is 2.20 bits per heavy atom. The molecule has 3 aromatic rings. The molecular weight excluding hydrogens is 260 g/mol. The highest BCUT2D eigenvalue weighted by Gasteiger charge is 2.15. The van der Waals surface area contributed by atoms with E-state index in [2.05, 4.69) is 5.10 Å². The van der Waals surface area contributed by atoms with Gasteiger partial charge in [-0.2, -0.15) is 5.10 Å². The number of rotatable bonds is 2. The molecule has 102 valence electrons. The summed E-state index contributed by atoms with van der Waals surface area (Å²) in [5, 5.41) is 14.2. The van der Waals surface area contributed by atoms with Gasteiger partial charge in [-0.15, -0.1) is 0 Å². The lowest BCUT2D eigenvalue weighted by molar-refractivity contribution is 0.371. The van der Waals surface area contributed by atoms with Gasteiger partial charge < -0.3 is 14.3 Å². The molecule has 1 aromatic carbocycles. The summed E-state index contributed by atoms with van der Waals surface area (Å²) < 4.78 is 12.4. The normalized spacial score (nSPS) is 10.9. The summed E-state index contributed by atoms with van der Waals surface area (Å²) in [6, 6.07) is 4.31. The Bertz CT molecular complexity index is 848. The van der Waals surface area contributed by atoms with Gasteiger partial charge in [0.2, 0.25) is 5.75 Å². The third kappa shape index (κ3) is 1.82. The minimum Gasteiger partial charge on any atom is -0.504 e. The maximum absolute atomic E-state index is 12.1. The molecule has 0 bridgehead atoms. The highest BCUT2D eigenvalue weighted by molar-refractivity contribution is 5.86. The van der Waals surface area contributed by atoms with Crippen LogP contribution >= 0.6 is 0 Å². The lowest BCUT2D eigenvalue weighted by Crippen LogP contribution is -2.01. The number of methoxy groups -OCH3 is 1. The average molecular weight is 272 g/mol. The first kappa shape index (κ1) is 12.3. The molecule has 0 radical (unpaired) electrons. The first-order valence-corrected chi connectivity index (χ1v) is 5.93. The number of nitrogens with zero attached hydrogens (tertiary/aromatic N) is 2. The fourth-order valence-electron chi connectivity index (χ4n) is 2.07. The van der Waals surface area contributed by atoms with E-state index in [-0.39, 0.29) is 22.5 Å². The predicted octanol–water partition coefficient (Wildman–Crippen LogP) is 1.91. The summed E-state index contributed by atoms with van der Waals surface area (Å²) in [6.45, 7) is 0. The fourth-order valence-corrected chi connectivity index (χ4v) is 2.07. The van der Waals surface area contributed by atoms with Gasteiger partial charge in [0, 0.05) is 19.3 Å². The highest BCUT2D eigenvalue weighted by atomic mass is 16.5. The van der Waals surface area contributed by atoms with Crippen LogP contribution in [-0.2, 0) is 7.05 Å². The number of phenolic OH excluding ortho intramolecular Hbond substituents is 1. The lowest BCUT2D eigenvalue weighted by atomic mass is 10.1. The zero-order chi connectivity index (χ0) is 14.3. The van der Waals surface area contributed by atoms with Gasteiger partial charge in [-0.05, 0) is 12.1 Å². The minimum absolute atomic E-state index is 0.0773. The molecule has 20 heavy (non-hydrogen) atoms. The Kier molecular flexibility index (Phi) is 2.71. The van der Waals surface area contributed by atoms with E-state index in [4.69, 9.17) is 9.15 Å². The average Bonchev–Trinajstić information content (AvgIpc) is 2.85. The van der Waals surface area contributed by atoms with E-state index in [0.717, 1.165) is 0 Å². The molecule has 0 unspecified atom stereocenters. The molecule has 3 rings (SSSR count). The van der Waals surface area contributed by atoms with Crippen molar-refractivity contribution in [2.75, 3.05) is 7.11 Å². The van der Waals surface area contributed by atoms with Crippen molar-refractivity contribution in [3.05, 3.63) is 40.8 Å². The number of ether oxygens (including phenoxy) is 1. The fraction of sp³-hybridized carbons (Fsp3) is 0.143. The topological polar surface area (TPSA) is 77.5 Å². The molecule has 0 spiro atoms. The summed E-state index contributed by atoms with van der Waals surface area (Å²) in [5.74, 6) is 0.441. The van der Waals surface area contributed by atoms with E-state index in [1.54, 1.807) is 24.1 Å². The van der Waals surface area contributed by atoms with Crippen molar-refractivity contribution in [1.29, 1.82) is 0 Å². The van der Waals surface area contributed by atoms with Crippen molar-refractivity contribution in [3.8, 4) is 22.8 Å². The maximum atomic E-state index is 12.1. The second kappa shape index (κ2) is 4.41. The third-order valence-electron chi connectivity index (χ3n) is 3.02. The number of fused-ring (bicyclic) bond motifs is 1. The van der Waals surface area contributed by atoms with E-state index in [9.17, 15) is 9.90 Å². The van der Waals surface area contributed by atoms with Gasteiger partial charge in [0.15, 0.2) is 16.8 Å². The Morgan fingerprint density at radius 1 is 1.40 bits per heavy atom. The number of aromatic nitrogens is 2. The lowest BCUT2D eigenvalue weighted by Gasteiger charge is -2.07. The molecule has 2 heterocycles. The summed E-state index contributed by atoms with van der Waals surface area (Å²) in [6.07, 6.45) is 3.33. The molecule has 0 fully saturated rings. The largest absolute Gasteiger partial charge is 0.504 e. The third-order valence-corrected chi connectivity index (χ3v) is 3.02. The molecule has 1 N–H and O–H groups in total. The van der Waals surface area contributed by atoms with Gasteiger partial charge in [-0.1, -0.05) is 0 Å². The van der Waals surface area contributed by atoms with Crippen LogP contribution in [0.4, 0.5) is 0 Å². The Labute approximate surface area is 113 Å². The highest BCUT2D eigenvalue weighted by Crippen LogP contribution is 2.35. The molecule has 0 saturated heterocycles. The van der Waals surface area contributed by atoms with E-state index in [0.29, 0.717) is 16.7 Å². The standard InChI is InChI=1S/C14H12N2O4/c1-16-7-8(6-15-16)12-5-11(18)9-3-4-10(17)14(19-2)13(9)20-12/h3-7,17H,1-2H3. The summed E-state index contributed by atoms with van der Waals surface area (Å²) in [4.78, 5) is 12.1. The molecule has 0 atom stereocenters. The Morgan fingerprint density at radius 3 is 2.85 bits per heavy atom. The second-order valence-corrected chi connectivity index (χ2v) is 4.37. The van der Waals surface area contributed by atoms with Crippen molar-refractivity contribution >= 4 is 11.0 Å². The number of hydrogen-bond acceptors (Lipinski definition) is 5. The van der Waals surface area contributed by atoms with Crippen LogP contribution in [0.1, 0.15) is 0 Å². The van der Waals surface area contributed by atoms with Crippen LogP contribution in [-0.4, -0.2) is 22.0 Å². The molecule has 0 aliphatic heterocycles. The predicted molar refractivity (Wildman–Crippen MR) is 72.9 cm³/mol. The van der Waals surface area contributed by atoms with Crippen molar-refractivity contribution in [2.45, 2.75) is 0 Å². The van der Waals surface area contributed by atoms with Crippen LogP contribution in [0.15, 0.2) is 39.8 Å². The van der Waals surface area contributed by atoms with E-state index >= 15 is 0 Å². The van der Waals surface area contributed by atoms with Crippen molar-refractivity contribution < 1.29 is 14.3 Å². The molecule has 0 saturated carbocycles. The zero-order valence-corrected chi connectivity index (χ0v) is 11.0. The second-order valence-electron chi connectivity index (χ2n) is 4.37. The van der Waals surface area contributed by atoms with Crippen molar-refractivity contribution in [2.24, 2.45) is 7.05 Å². The molecule has 6 heteroatoms. The number of aryl methyl sites for hydroxylation is 1. The van der Waals surface area contributed by atoms with Crippen LogP contribution < -0.4 is 10.2 Å². The van der Waals surface area contributed by atoms with Crippen molar-refractivity contribution in [3.63, 3.8) is 0 Å².